The van der Waals surface area contributed by atoms with Gasteiger partial charge in [-0.3, -0.25) is 9.59 Å². The molecule has 4 heteroatoms. The molecular formula is C23H20ClNO2. The molecule has 3 nitrogen and oxygen atoms in total. The first-order valence-corrected chi connectivity index (χ1v) is 9.17. The van der Waals surface area contributed by atoms with Gasteiger partial charge in [-0.1, -0.05) is 49.6 Å². The van der Waals surface area contributed by atoms with E-state index in [0.717, 1.165) is 16.5 Å². The number of fused-ring (bicyclic) bond motifs is 1. The van der Waals surface area contributed by atoms with Crippen molar-refractivity contribution in [3.8, 4) is 11.8 Å². The van der Waals surface area contributed by atoms with Crippen molar-refractivity contribution >= 4 is 34.1 Å². The van der Waals surface area contributed by atoms with Crippen LogP contribution < -0.4 is 0 Å². The normalized spacial score (nSPS) is 10.7. The van der Waals surface area contributed by atoms with E-state index >= 15 is 0 Å². The fourth-order valence-electron chi connectivity index (χ4n) is 3.09. The maximum atomic E-state index is 12.8. The molecule has 0 saturated heterocycles. The van der Waals surface area contributed by atoms with E-state index in [2.05, 4.69) is 11.8 Å². The molecule has 3 rings (SSSR count). The third-order valence-corrected chi connectivity index (χ3v) is 4.77. The largest absolute Gasteiger partial charge is 0.346 e. The third-order valence-electron chi connectivity index (χ3n) is 4.52. The van der Waals surface area contributed by atoms with Gasteiger partial charge in [-0.15, -0.1) is 0 Å². The molecule has 0 aliphatic rings. The number of aryl methyl sites for hydroxylation is 1. The number of hydrogen-bond acceptors (Lipinski definition) is 2. The first kappa shape index (κ1) is 18.9. The van der Waals surface area contributed by atoms with E-state index in [1.165, 1.54) is 0 Å². The Labute approximate surface area is 163 Å². The summed E-state index contributed by atoms with van der Waals surface area (Å²) < 4.78 is 1.92. The van der Waals surface area contributed by atoms with Gasteiger partial charge in [0.15, 0.2) is 5.78 Å². The SMILES string of the molecule is CC(C)C(=O)c1c(CC(=O)C#Cc2ccc(Cl)cc2)n(C)c2ccccc12. The number of benzene rings is 2. The molecule has 1 heterocycles. The smallest absolute Gasteiger partial charge is 0.211 e. The van der Waals surface area contributed by atoms with Gasteiger partial charge >= 0.3 is 0 Å². The number of para-hydroxylation sites is 1. The van der Waals surface area contributed by atoms with Crippen LogP contribution in [0.2, 0.25) is 5.02 Å². The fraction of sp³-hybridized carbons (Fsp3) is 0.217. The molecule has 0 N–H and O–H groups in total. The van der Waals surface area contributed by atoms with Crippen molar-refractivity contribution < 1.29 is 9.59 Å². The Morgan fingerprint density at radius 3 is 2.41 bits per heavy atom. The highest BCUT2D eigenvalue weighted by Gasteiger charge is 2.23. The second-order valence-corrected chi connectivity index (χ2v) is 7.21. The van der Waals surface area contributed by atoms with Gasteiger partial charge in [0.1, 0.15) is 0 Å². The lowest BCUT2D eigenvalue weighted by molar-refractivity contribution is -0.113. The summed E-state index contributed by atoms with van der Waals surface area (Å²) in [6.07, 6.45) is 0.0968. The molecule has 0 aliphatic carbocycles. The number of carbonyl (C=O) groups excluding carboxylic acids is 2. The average Bonchev–Trinajstić information content (AvgIpc) is 2.93. The van der Waals surface area contributed by atoms with Gasteiger partial charge in [0.25, 0.3) is 0 Å². The Morgan fingerprint density at radius 1 is 1.07 bits per heavy atom. The van der Waals surface area contributed by atoms with Crippen molar-refractivity contribution in [2.24, 2.45) is 13.0 Å². The van der Waals surface area contributed by atoms with Crippen molar-refractivity contribution in [3.05, 3.63) is 70.4 Å². The van der Waals surface area contributed by atoms with Crippen LogP contribution in [0, 0.1) is 17.8 Å². The Bertz CT molecular complexity index is 1080. The lowest BCUT2D eigenvalue weighted by Gasteiger charge is -2.07. The number of rotatable bonds is 4. The molecule has 0 radical (unpaired) electrons. The van der Waals surface area contributed by atoms with Gasteiger partial charge in [0.05, 0.1) is 6.42 Å². The molecule has 0 bridgehead atoms. The molecule has 2 aromatic carbocycles. The van der Waals surface area contributed by atoms with E-state index in [1.54, 1.807) is 24.3 Å². The van der Waals surface area contributed by atoms with E-state index in [-0.39, 0.29) is 23.9 Å². The van der Waals surface area contributed by atoms with Crippen LogP contribution in [0.3, 0.4) is 0 Å². The lowest BCUT2D eigenvalue weighted by atomic mass is 9.96. The Kier molecular flexibility index (Phi) is 5.48. The summed E-state index contributed by atoms with van der Waals surface area (Å²) in [6.45, 7) is 3.74. The second kappa shape index (κ2) is 7.82. The predicted molar refractivity (Wildman–Crippen MR) is 109 cm³/mol. The second-order valence-electron chi connectivity index (χ2n) is 6.77. The first-order valence-electron chi connectivity index (χ1n) is 8.79. The fourth-order valence-corrected chi connectivity index (χ4v) is 3.21. The van der Waals surface area contributed by atoms with Crippen LogP contribution in [-0.4, -0.2) is 16.1 Å². The van der Waals surface area contributed by atoms with E-state index in [0.29, 0.717) is 16.3 Å². The van der Waals surface area contributed by atoms with Gasteiger partial charge in [0.2, 0.25) is 5.78 Å². The van der Waals surface area contributed by atoms with E-state index in [4.69, 9.17) is 11.6 Å². The molecule has 0 atom stereocenters. The summed E-state index contributed by atoms with van der Waals surface area (Å²) in [5.74, 6) is 5.21. The Hall–Kier alpha value is -2.83. The van der Waals surface area contributed by atoms with Crippen LogP contribution >= 0.6 is 11.6 Å². The summed E-state index contributed by atoms with van der Waals surface area (Å²) in [7, 11) is 1.88. The number of ketones is 2. The summed E-state index contributed by atoms with van der Waals surface area (Å²) in [5.41, 5.74) is 3.01. The Balaban J connectivity index is 1.98. The van der Waals surface area contributed by atoms with Crippen LogP contribution in [0.1, 0.15) is 35.5 Å². The number of nitrogens with zero attached hydrogens (tertiary/aromatic N) is 1. The molecule has 136 valence electrons. The zero-order valence-electron chi connectivity index (χ0n) is 15.5. The summed E-state index contributed by atoms with van der Waals surface area (Å²) in [5, 5.41) is 1.51. The van der Waals surface area contributed by atoms with E-state index < -0.39 is 0 Å². The molecule has 0 unspecified atom stereocenters. The summed E-state index contributed by atoms with van der Waals surface area (Å²) in [6, 6.07) is 14.7. The summed E-state index contributed by atoms with van der Waals surface area (Å²) >= 11 is 5.86. The number of hydrogen-bond donors (Lipinski definition) is 0. The van der Waals surface area contributed by atoms with Gasteiger partial charge in [-0.25, -0.2) is 0 Å². The first-order chi connectivity index (χ1) is 12.9. The van der Waals surface area contributed by atoms with Crippen molar-refractivity contribution in [1.82, 2.24) is 4.57 Å². The quantitative estimate of drug-likeness (QED) is 0.482. The number of aromatic nitrogens is 1. The molecule has 3 aromatic rings. The molecule has 27 heavy (non-hydrogen) atoms. The van der Waals surface area contributed by atoms with Crippen molar-refractivity contribution in [2.45, 2.75) is 20.3 Å². The highest BCUT2D eigenvalue weighted by atomic mass is 35.5. The van der Waals surface area contributed by atoms with Crippen LogP contribution in [0.4, 0.5) is 0 Å². The topological polar surface area (TPSA) is 39.1 Å². The molecule has 0 saturated carbocycles. The van der Waals surface area contributed by atoms with Crippen molar-refractivity contribution in [3.63, 3.8) is 0 Å². The average molecular weight is 378 g/mol. The molecule has 1 aromatic heterocycles. The molecule has 0 spiro atoms. The number of Topliss-reactive ketones (excluding diaryl/α,β-unsaturated/α-hetero) is 2. The zero-order chi connectivity index (χ0) is 19.6. The minimum atomic E-state index is -0.228. The highest BCUT2D eigenvalue weighted by molar-refractivity contribution is 6.30. The van der Waals surface area contributed by atoms with Gasteiger partial charge in [0, 0.05) is 45.7 Å². The molecule has 0 amide bonds. The van der Waals surface area contributed by atoms with Gasteiger partial charge in [-0.2, -0.15) is 0 Å². The summed E-state index contributed by atoms with van der Waals surface area (Å²) in [4.78, 5) is 25.3. The van der Waals surface area contributed by atoms with Gasteiger partial charge < -0.3 is 4.57 Å². The molecular weight excluding hydrogens is 358 g/mol. The van der Waals surface area contributed by atoms with Crippen molar-refractivity contribution in [2.75, 3.05) is 0 Å². The maximum absolute atomic E-state index is 12.8. The van der Waals surface area contributed by atoms with Crippen LogP contribution in [0.25, 0.3) is 10.9 Å². The predicted octanol–water partition coefficient (Wildman–Crippen LogP) is 4.83. The van der Waals surface area contributed by atoms with Gasteiger partial charge in [-0.05, 0) is 36.3 Å². The molecule has 0 aliphatic heterocycles. The monoisotopic (exact) mass is 377 g/mol. The highest BCUT2D eigenvalue weighted by Crippen LogP contribution is 2.28. The lowest BCUT2D eigenvalue weighted by Crippen LogP contribution is -2.13. The maximum Gasteiger partial charge on any atom is 0.211 e. The van der Waals surface area contributed by atoms with Crippen LogP contribution in [0.15, 0.2) is 48.5 Å². The number of carbonyl (C=O) groups is 2. The van der Waals surface area contributed by atoms with Crippen LogP contribution in [-0.2, 0) is 18.3 Å². The van der Waals surface area contributed by atoms with Crippen LogP contribution in [0.5, 0.6) is 0 Å². The molecule has 0 fully saturated rings. The minimum absolute atomic E-state index is 0.0419. The number of halogens is 1. The Morgan fingerprint density at radius 2 is 1.74 bits per heavy atom. The van der Waals surface area contributed by atoms with Crippen molar-refractivity contribution in [1.29, 1.82) is 0 Å². The van der Waals surface area contributed by atoms with E-state index in [1.807, 2.05) is 49.7 Å². The third kappa shape index (κ3) is 3.97. The minimum Gasteiger partial charge on any atom is -0.346 e. The zero-order valence-corrected chi connectivity index (χ0v) is 16.3. The van der Waals surface area contributed by atoms with E-state index in [9.17, 15) is 9.59 Å². The standard InChI is InChI=1S/C23H20ClNO2/c1-15(2)23(27)22-19-6-4-5-7-20(19)25(3)21(22)14-18(26)13-10-16-8-11-17(24)12-9-16/h4-9,11-12,15H,14H2,1-3H3.